The summed E-state index contributed by atoms with van der Waals surface area (Å²) in [6, 6.07) is 3.14. The van der Waals surface area contributed by atoms with Crippen LogP contribution in [0.4, 0.5) is 14.5 Å². The first-order valence-electron chi connectivity index (χ1n) is 4.01. The zero-order valence-electron chi connectivity index (χ0n) is 7.84. The highest BCUT2D eigenvalue weighted by atomic mass is 19.3. The summed E-state index contributed by atoms with van der Waals surface area (Å²) in [5, 5.41) is 13.5. The van der Waals surface area contributed by atoms with Crippen LogP contribution in [0.3, 0.4) is 0 Å². The Morgan fingerprint density at radius 2 is 2.25 bits per heavy atom. The molecule has 0 amide bonds. The Balaban J connectivity index is 3.13. The van der Waals surface area contributed by atoms with Crippen LogP contribution in [0.2, 0.25) is 0 Å². The predicted octanol–water partition coefficient (Wildman–Crippen LogP) is 1.49. The molecule has 1 rings (SSSR count). The van der Waals surface area contributed by atoms with Gasteiger partial charge in [0.15, 0.2) is 0 Å². The Labute approximate surface area is 88.5 Å². The second kappa shape index (κ2) is 5.01. The molecule has 0 unspecified atom stereocenters. The molecule has 86 valence electrons. The van der Waals surface area contributed by atoms with Gasteiger partial charge in [-0.15, -0.1) is 0 Å². The number of non-ortho nitro benzene ring substituents is 1. The number of rotatable bonds is 4. The molecule has 0 aliphatic heterocycles. The third-order valence-corrected chi connectivity index (χ3v) is 1.63. The summed E-state index contributed by atoms with van der Waals surface area (Å²) < 4.78 is 28.1. The number of ether oxygens (including phenoxy) is 1. The molecule has 0 aliphatic carbocycles. The number of nitro benzene ring substituents is 1. The summed E-state index contributed by atoms with van der Waals surface area (Å²) >= 11 is 0. The number of nitro groups is 1. The van der Waals surface area contributed by atoms with Crippen molar-refractivity contribution in [3.8, 4) is 5.75 Å². The van der Waals surface area contributed by atoms with Crippen LogP contribution in [0.15, 0.2) is 23.3 Å². The van der Waals surface area contributed by atoms with E-state index in [2.05, 4.69) is 9.84 Å². The van der Waals surface area contributed by atoms with Crippen molar-refractivity contribution in [2.75, 3.05) is 0 Å². The van der Waals surface area contributed by atoms with E-state index in [4.69, 9.17) is 5.84 Å². The number of hydrazone groups is 1. The third kappa shape index (κ3) is 2.87. The van der Waals surface area contributed by atoms with Gasteiger partial charge in [-0.2, -0.15) is 13.9 Å². The van der Waals surface area contributed by atoms with Gasteiger partial charge in [0.2, 0.25) is 0 Å². The first-order valence-corrected chi connectivity index (χ1v) is 4.01. The molecule has 1 aromatic rings. The van der Waals surface area contributed by atoms with E-state index < -0.39 is 11.5 Å². The fourth-order valence-corrected chi connectivity index (χ4v) is 1.03. The van der Waals surface area contributed by atoms with E-state index in [1.54, 1.807) is 0 Å². The summed E-state index contributed by atoms with van der Waals surface area (Å²) in [5.41, 5.74) is -0.256. The molecule has 1 aromatic carbocycles. The molecule has 0 saturated carbocycles. The van der Waals surface area contributed by atoms with Crippen LogP contribution in [-0.2, 0) is 0 Å². The first kappa shape index (κ1) is 11.8. The Morgan fingerprint density at radius 1 is 1.56 bits per heavy atom. The summed E-state index contributed by atoms with van der Waals surface area (Å²) in [5.74, 6) is 4.62. The smallest absolute Gasteiger partial charge is 0.387 e. The molecule has 0 heterocycles. The van der Waals surface area contributed by atoms with Crippen LogP contribution < -0.4 is 10.6 Å². The molecule has 0 fully saturated rings. The third-order valence-electron chi connectivity index (χ3n) is 1.63. The van der Waals surface area contributed by atoms with Gasteiger partial charge in [-0.25, -0.2) is 0 Å². The highest BCUT2D eigenvalue weighted by Crippen LogP contribution is 2.24. The monoisotopic (exact) mass is 231 g/mol. The lowest BCUT2D eigenvalue weighted by Crippen LogP contribution is -2.05. The van der Waals surface area contributed by atoms with Gasteiger partial charge in [-0.05, 0) is 6.07 Å². The zero-order valence-corrected chi connectivity index (χ0v) is 7.84. The number of nitrogens with zero attached hydrogens (tertiary/aromatic N) is 2. The van der Waals surface area contributed by atoms with E-state index in [0.717, 1.165) is 24.4 Å². The topological polar surface area (TPSA) is 90.8 Å². The molecule has 0 bridgehead atoms. The number of nitrogens with two attached hydrogens (primary N) is 1. The molecular formula is C8H7F2N3O3. The maximum Gasteiger partial charge on any atom is 0.387 e. The molecule has 16 heavy (non-hydrogen) atoms. The molecule has 0 saturated heterocycles. The normalized spacial score (nSPS) is 10.9. The Kier molecular flexibility index (Phi) is 3.70. The van der Waals surface area contributed by atoms with Gasteiger partial charge >= 0.3 is 6.61 Å². The van der Waals surface area contributed by atoms with Gasteiger partial charge in [0.05, 0.1) is 11.1 Å². The Morgan fingerprint density at radius 3 is 2.75 bits per heavy atom. The average molecular weight is 231 g/mol. The molecule has 0 aromatic heterocycles. The van der Waals surface area contributed by atoms with Crippen LogP contribution in [0.5, 0.6) is 5.75 Å². The molecule has 6 nitrogen and oxygen atoms in total. The van der Waals surface area contributed by atoms with E-state index in [0.29, 0.717) is 0 Å². The molecule has 0 radical (unpaired) electrons. The fourth-order valence-electron chi connectivity index (χ4n) is 1.03. The molecule has 0 aliphatic rings. The van der Waals surface area contributed by atoms with Crippen molar-refractivity contribution < 1.29 is 18.4 Å². The first-order chi connectivity index (χ1) is 7.54. The van der Waals surface area contributed by atoms with Crippen molar-refractivity contribution >= 4 is 11.9 Å². The standard InChI is InChI=1S/C8H7F2N3O3/c9-8(10)16-7-2-1-6(13(14)15)3-5(7)4-12-11/h1-4,8H,11H2. The van der Waals surface area contributed by atoms with E-state index in [1.807, 2.05) is 0 Å². The lowest BCUT2D eigenvalue weighted by atomic mass is 10.2. The second-order valence-corrected chi connectivity index (χ2v) is 2.64. The largest absolute Gasteiger partial charge is 0.434 e. The van der Waals surface area contributed by atoms with Crippen molar-refractivity contribution in [1.29, 1.82) is 0 Å². The number of benzene rings is 1. The van der Waals surface area contributed by atoms with E-state index in [9.17, 15) is 18.9 Å². The summed E-state index contributed by atoms with van der Waals surface area (Å²) in [6.07, 6.45) is 0.991. The van der Waals surface area contributed by atoms with E-state index >= 15 is 0 Å². The van der Waals surface area contributed by atoms with Crippen LogP contribution in [0.1, 0.15) is 5.56 Å². The Bertz CT molecular complexity index is 423. The van der Waals surface area contributed by atoms with Crippen LogP contribution in [0.25, 0.3) is 0 Å². The minimum absolute atomic E-state index is 0.0111. The molecule has 0 atom stereocenters. The number of hydrogen-bond acceptors (Lipinski definition) is 5. The van der Waals surface area contributed by atoms with E-state index in [-0.39, 0.29) is 17.0 Å². The molecule has 8 heteroatoms. The summed E-state index contributed by atoms with van der Waals surface area (Å²) in [4.78, 5) is 9.77. The van der Waals surface area contributed by atoms with Gasteiger partial charge < -0.3 is 10.6 Å². The van der Waals surface area contributed by atoms with Gasteiger partial charge in [0, 0.05) is 17.7 Å². The minimum atomic E-state index is -3.02. The highest BCUT2D eigenvalue weighted by molar-refractivity contribution is 5.84. The van der Waals surface area contributed by atoms with E-state index in [1.165, 1.54) is 0 Å². The zero-order chi connectivity index (χ0) is 12.1. The van der Waals surface area contributed by atoms with Crippen molar-refractivity contribution in [3.63, 3.8) is 0 Å². The van der Waals surface area contributed by atoms with Crippen molar-refractivity contribution in [2.45, 2.75) is 6.61 Å². The van der Waals surface area contributed by atoms with Crippen LogP contribution in [-0.4, -0.2) is 17.7 Å². The maximum absolute atomic E-state index is 12.0. The second-order valence-electron chi connectivity index (χ2n) is 2.64. The van der Waals surface area contributed by atoms with Gasteiger partial charge in [-0.1, -0.05) is 0 Å². The summed E-state index contributed by atoms with van der Waals surface area (Å²) in [7, 11) is 0. The van der Waals surface area contributed by atoms with Gasteiger partial charge in [0.1, 0.15) is 5.75 Å². The SMILES string of the molecule is NN=Cc1cc([N+](=O)[O-])ccc1OC(F)F. The molecule has 2 N–H and O–H groups in total. The van der Waals surface area contributed by atoms with Crippen molar-refractivity contribution in [1.82, 2.24) is 0 Å². The lowest BCUT2D eigenvalue weighted by molar-refractivity contribution is -0.384. The highest BCUT2D eigenvalue weighted by Gasteiger charge is 2.13. The number of alkyl halides is 2. The van der Waals surface area contributed by atoms with Crippen molar-refractivity contribution in [2.24, 2.45) is 10.9 Å². The molecule has 0 spiro atoms. The average Bonchev–Trinajstić information content (AvgIpc) is 2.20. The summed E-state index contributed by atoms with van der Waals surface area (Å²) in [6.45, 7) is -3.02. The predicted molar refractivity (Wildman–Crippen MR) is 51.5 cm³/mol. The van der Waals surface area contributed by atoms with Gasteiger partial charge in [0.25, 0.3) is 5.69 Å². The Hall–Kier alpha value is -2.25. The fraction of sp³-hybridized carbons (Fsp3) is 0.125. The minimum Gasteiger partial charge on any atom is -0.434 e. The van der Waals surface area contributed by atoms with Crippen LogP contribution >= 0.6 is 0 Å². The lowest BCUT2D eigenvalue weighted by Gasteiger charge is -2.06. The van der Waals surface area contributed by atoms with Gasteiger partial charge in [-0.3, -0.25) is 10.1 Å². The quantitative estimate of drug-likeness (QED) is 0.368. The number of hydrogen-bond donors (Lipinski definition) is 1. The van der Waals surface area contributed by atoms with Crippen LogP contribution in [0, 0.1) is 10.1 Å². The molecular weight excluding hydrogens is 224 g/mol. The maximum atomic E-state index is 12.0. The van der Waals surface area contributed by atoms with Crippen molar-refractivity contribution in [3.05, 3.63) is 33.9 Å². The number of halogens is 2.